The van der Waals surface area contributed by atoms with Gasteiger partial charge in [0.1, 0.15) is 17.1 Å². The summed E-state index contributed by atoms with van der Waals surface area (Å²) in [6.45, 7) is 3.73. The normalized spacial score (nSPS) is 10.9. The van der Waals surface area contributed by atoms with Crippen LogP contribution >= 0.6 is 0 Å². The first-order valence-corrected chi connectivity index (χ1v) is 9.69. The first-order chi connectivity index (χ1) is 14.8. The highest BCUT2D eigenvalue weighted by Crippen LogP contribution is 2.29. The SMILES string of the molecule is CCn1c(=O)c2c(C(=O)Nc3cc(OC)ccc3OC)cc(=O)n(CC)c2n(C)c1=O. The molecule has 0 unspecified atom stereocenters. The molecule has 0 aliphatic rings. The van der Waals surface area contributed by atoms with Gasteiger partial charge in [-0.2, -0.15) is 0 Å². The molecule has 0 spiro atoms. The lowest BCUT2D eigenvalue weighted by Crippen LogP contribution is -2.42. The second-order valence-corrected chi connectivity index (χ2v) is 6.75. The van der Waals surface area contributed by atoms with E-state index in [9.17, 15) is 19.2 Å². The topological polar surface area (TPSA) is 114 Å². The molecule has 0 aliphatic carbocycles. The zero-order valence-corrected chi connectivity index (χ0v) is 18.0. The first-order valence-electron chi connectivity index (χ1n) is 9.69. The van der Waals surface area contributed by atoms with E-state index in [4.69, 9.17) is 9.47 Å². The van der Waals surface area contributed by atoms with Crippen molar-refractivity contribution in [1.82, 2.24) is 13.7 Å². The molecule has 0 radical (unpaired) electrons. The lowest BCUT2D eigenvalue weighted by molar-refractivity contribution is 0.102. The number of aryl methyl sites for hydroxylation is 2. The van der Waals surface area contributed by atoms with Crippen LogP contribution in [0.1, 0.15) is 24.2 Å². The first kappa shape index (κ1) is 21.9. The summed E-state index contributed by atoms with van der Waals surface area (Å²) in [7, 11) is 4.40. The third-order valence-corrected chi connectivity index (χ3v) is 5.11. The Bertz CT molecular complexity index is 1350. The van der Waals surface area contributed by atoms with Gasteiger partial charge < -0.3 is 14.8 Å². The fourth-order valence-electron chi connectivity index (χ4n) is 3.55. The number of carbonyl (C=O) groups is 1. The van der Waals surface area contributed by atoms with Crippen LogP contribution in [0.4, 0.5) is 5.69 Å². The number of fused-ring (bicyclic) bond motifs is 1. The number of hydrogen-bond acceptors (Lipinski definition) is 6. The van der Waals surface area contributed by atoms with Gasteiger partial charge in [0.2, 0.25) is 0 Å². The quantitative estimate of drug-likeness (QED) is 0.631. The number of anilines is 1. The number of aromatic nitrogens is 3. The summed E-state index contributed by atoms with van der Waals surface area (Å²) < 4.78 is 14.0. The summed E-state index contributed by atoms with van der Waals surface area (Å²) in [6.07, 6.45) is 0. The highest BCUT2D eigenvalue weighted by molar-refractivity contribution is 6.12. The predicted octanol–water partition coefficient (Wildman–Crippen LogP) is 1.17. The molecular weight excluding hydrogens is 404 g/mol. The van der Waals surface area contributed by atoms with Gasteiger partial charge in [0.05, 0.1) is 30.9 Å². The standard InChI is InChI=1S/C21H24N4O6/c1-6-24-16(26)11-13(17-19(24)23(3)21(29)25(7-2)20(17)28)18(27)22-14-10-12(30-4)8-9-15(14)31-5/h8-11H,6-7H2,1-5H3,(H,22,27). The molecule has 0 fully saturated rings. The Labute approximate surface area is 177 Å². The Morgan fingerprint density at radius 1 is 1.00 bits per heavy atom. The third kappa shape index (κ3) is 3.60. The lowest BCUT2D eigenvalue weighted by Gasteiger charge is -2.17. The zero-order chi connectivity index (χ0) is 22.9. The van der Waals surface area contributed by atoms with Crippen molar-refractivity contribution >= 4 is 22.6 Å². The number of carbonyl (C=O) groups excluding carboxylic acids is 1. The van der Waals surface area contributed by atoms with E-state index >= 15 is 0 Å². The molecule has 0 aliphatic heterocycles. The number of rotatable bonds is 6. The van der Waals surface area contributed by atoms with E-state index in [0.717, 1.165) is 10.6 Å². The number of hydrogen-bond donors (Lipinski definition) is 1. The summed E-state index contributed by atoms with van der Waals surface area (Å²) in [4.78, 5) is 51.7. The molecule has 3 aromatic rings. The van der Waals surface area contributed by atoms with Crippen LogP contribution < -0.4 is 31.6 Å². The van der Waals surface area contributed by atoms with Crippen molar-refractivity contribution in [3.63, 3.8) is 0 Å². The Kier molecular flexibility index (Phi) is 6.00. The largest absolute Gasteiger partial charge is 0.497 e. The molecule has 0 atom stereocenters. The molecule has 2 aromatic heterocycles. The Hall–Kier alpha value is -3.82. The van der Waals surface area contributed by atoms with Crippen LogP contribution in [0.2, 0.25) is 0 Å². The number of nitrogens with zero attached hydrogens (tertiary/aromatic N) is 3. The summed E-state index contributed by atoms with van der Waals surface area (Å²) in [5.41, 5.74) is -1.42. The van der Waals surface area contributed by atoms with Crippen molar-refractivity contribution in [2.75, 3.05) is 19.5 Å². The Morgan fingerprint density at radius 3 is 2.26 bits per heavy atom. The smallest absolute Gasteiger partial charge is 0.332 e. The highest BCUT2D eigenvalue weighted by Gasteiger charge is 2.22. The molecule has 1 amide bonds. The average molecular weight is 428 g/mol. The van der Waals surface area contributed by atoms with Gasteiger partial charge in [-0.15, -0.1) is 0 Å². The number of nitrogens with one attached hydrogen (secondary N) is 1. The van der Waals surface area contributed by atoms with Crippen molar-refractivity contribution < 1.29 is 14.3 Å². The lowest BCUT2D eigenvalue weighted by atomic mass is 10.1. The van der Waals surface area contributed by atoms with E-state index in [-0.39, 0.29) is 29.7 Å². The Balaban J connectivity index is 2.32. The fraction of sp³-hybridized carbons (Fsp3) is 0.333. The van der Waals surface area contributed by atoms with E-state index in [1.54, 1.807) is 32.0 Å². The monoisotopic (exact) mass is 428 g/mol. The summed E-state index contributed by atoms with van der Waals surface area (Å²) in [5, 5.41) is 2.67. The maximum absolute atomic E-state index is 13.2. The maximum Gasteiger partial charge on any atom is 0.332 e. The van der Waals surface area contributed by atoms with Crippen molar-refractivity contribution in [2.24, 2.45) is 7.05 Å². The number of pyridine rings is 1. The minimum Gasteiger partial charge on any atom is -0.497 e. The molecule has 1 N–H and O–H groups in total. The molecular formula is C21H24N4O6. The molecule has 10 heteroatoms. The number of amides is 1. The second kappa shape index (κ2) is 8.50. The predicted molar refractivity (Wildman–Crippen MR) is 117 cm³/mol. The van der Waals surface area contributed by atoms with E-state index in [1.807, 2.05) is 0 Å². The highest BCUT2D eigenvalue weighted by atomic mass is 16.5. The molecule has 1 aromatic carbocycles. The van der Waals surface area contributed by atoms with Crippen LogP contribution in [0.3, 0.4) is 0 Å². The second-order valence-electron chi connectivity index (χ2n) is 6.75. The van der Waals surface area contributed by atoms with Gasteiger partial charge in [0.15, 0.2) is 0 Å². The molecule has 0 bridgehead atoms. The average Bonchev–Trinajstić information content (AvgIpc) is 2.76. The van der Waals surface area contributed by atoms with Gasteiger partial charge in [0.25, 0.3) is 17.0 Å². The molecule has 164 valence electrons. The van der Waals surface area contributed by atoms with Crippen molar-refractivity contribution in [3.8, 4) is 11.5 Å². The van der Waals surface area contributed by atoms with Crippen molar-refractivity contribution in [2.45, 2.75) is 26.9 Å². The maximum atomic E-state index is 13.2. The van der Waals surface area contributed by atoms with Gasteiger partial charge in [-0.3, -0.25) is 28.1 Å². The number of methoxy groups -OCH3 is 2. The molecule has 2 heterocycles. The van der Waals surface area contributed by atoms with Crippen LogP contribution in [0.5, 0.6) is 11.5 Å². The van der Waals surface area contributed by atoms with Gasteiger partial charge in [-0.1, -0.05) is 0 Å². The van der Waals surface area contributed by atoms with Crippen LogP contribution in [0.15, 0.2) is 38.6 Å². The van der Waals surface area contributed by atoms with E-state index in [0.29, 0.717) is 17.2 Å². The van der Waals surface area contributed by atoms with Gasteiger partial charge >= 0.3 is 5.69 Å². The number of benzene rings is 1. The van der Waals surface area contributed by atoms with Crippen LogP contribution in [-0.4, -0.2) is 33.8 Å². The molecule has 3 rings (SSSR count). The molecule has 31 heavy (non-hydrogen) atoms. The molecule has 0 saturated heterocycles. The minimum atomic E-state index is -0.685. The van der Waals surface area contributed by atoms with Crippen LogP contribution in [0, 0.1) is 0 Å². The molecule has 0 saturated carbocycles. The van der Waals surface area contributed by atoms with Gasteiger partial charge in [-0.05, 0) is 26.0 Å². The van der Waals surface area contributed by atoms with Gasteiger partial charge in [0, 0.05) is 32.3 Å². The van der Waals surface area contributed by atoms with E-state index < -0.39 is 22.7 Å². The zero-order valence-electron chi connectivity index (χ0n) is 18.0. The third-order valence-electron chi connectivity index (χ3n) is 5.11. The minimum absolute atomic E-state index is 0.00948. The summed E-state index contributed by atoms with van der Waals surface area (Å²) in [6, 6.07) is 5.96. The molecule has 10 nitrogen and oxygen atoms in total. The van der Waals surface area contributed by atoms with Gasteiger partial charge in [-0.25, -0.2) is 4.79 Å². The summed E-state index contributed by atoms with van der Waals surface area (Å²) >= 11 is 0. The van der Waals surface area contributed by atoms with E-state index in [1.165, 1.54) is 30.4 Å². The van der Waals surface area contributed by atoms with Crippen molar-refractivity contribution in [1.29, 1.82) is 0 Å². The summed E-state index contributed by atoms with van der Waals surface area (Å²) in [5.74, 6) is 0.173. The Morgan fingerprint density at radius 2 is 1.68 bits per heavy atom. The van der Waals surface area contributed by atoms with E-state index in [2.05, 4.69) is 5.32 Å². The van der Waals surface area contributed by atoms with Crippen LogP contribution in [-0.2, 0) is 20.1 Å². The van der Waals surface area contributed by atoms with Crippen molar-refractivity contribution in [3.05, 3.63) is 61.0 Å². The number of ether oxygens (including phenoxy) is 2. The fourth-order valence-corrected chi connectivity index (χ4v) is 3.55. The van der Waals surface area contributed by atoms with Crippen LogP contribution in [0.25, 0.3) is 11.0 Å².